The number of aliphatic hydroxyl groups is 8. The number of aryl methyl sites for hydroxylation is 2. The van der Waals surface area contributed by atoms with Gasteiger partial charge < -0.3 is 117 Å². The third kappa shape index (κ3) is 18.8. The van der Waals surface area contributed by atoms with Crippen molar-refractivity contribution >= 4 is 0 Å². The maximum absolute atomic E-state index is 12.7. The van der Waals surface area contributed by atoms with E-state index in [-0.39, 0.29) is 128 Å². The zero-order valence-corrected chi connectivity index (χ0v) is 68.4. The summed E-state index contributed by atoms with van der Waals surface area (Å²) in [4.78, 5) is 0. The van der Waals surface area contributed by atoms with Gasteiger partial charge in [-0.2, -0.15) is 0 Å². The molecule has 0 saturated heterocycles. The van der Waals surface area contributed by atoms with Gasteiger partial charge in [0.1, 0.15) is 49.8 Å². The second kappa shape index (κ2) is 39.8. The van der Waals surface area contributed by atoms with Crippen LogP contribution >= 0.6 is 0 Å². The van der Waals surface area contributed by atoms with Crippen LogP contribution < -0.4 is 75.8 Å². The monoisotopic (exact) mass is 1620 g/mol. The molecule has 0 amide bonds. The minimum absolute atomic E-state index is 0.0184. The molecule has 0 aliphatic carbocycles. The highest BCUT2D eigenvalue weighted by Gasteiger charge is 2.40. The number of benzene rings is 10. The van der Waals surface area contributed by atoms with E-state index in [1.165, 1.54) is 66.9 Å². The fourth-order valence-corrected chi connectivity index (χ4v) is 15.2. The molecule has 10 aromatic carbocycles. The molecule has 12 rings (SSSR count). The molecule has 2 aliphatic heterocycles. The van der Waals surface area contributed by atoms with Crippen LogP contribution in [0, 0.1) is 0 Å². The highest BCUT2D eigenvalue weighted by molar-refractivity contribution is 5.82. The smallest absolute Gasteiger partial charge is 0.169 e. The SMILES string of the molecule is CCCc1cc(OC)c2c(c1)C(C)C(c1ccc(OC(CO)C(O)c3ccc(OC(CO)C(O)c4cc(OC)c(OCc5ccccc5)c(-c5cc(C(O)C(CO)Oc6ccc(C(O)C(CO)Oc7ccc(C8Oc9c(OC)cc(CCC)cc9C8C)cc7OC)cc6OC)cc(OC)c5OCc5ccccc5)c4)c(OC)c3)c(OC)c1)O2. The molecular formula is C94H106O24. The topological polar surface area (TPSA) is 310 Å². The predicted octanol–water partition coefficient (Wildman–Crippen LogP) is 14.9. The number of methoxy groups -OCH3 is 8. The molecular weight excluding hydrogens is 1510 g/mol. The van der Waals surface area contributed by atoms with Crippen LogP contribution in [0.4, 0.5) is 0 Å². The van der Waals surface area contributed by atoms with Crippen molar-refractivity contribution < 1.29 is 117 Å². The molecule has 0 bridgehead atoms. The second-order valence-electron chi connectivity index (χ2n) is 29.1. The van der Waals surface area contributed by atoms with Crippen molar-refractivity contribution in [3.63, 3.8) is 0 Å². The lowest BCUT2D eigenvalue weighted by Gasteiger charge is -2.28. The summed E-state index contributed by atoms with van der Waals surface area (Å²) in [6.45, 7) is 5.76. The normalized spacial score (nSPS) is 16.7. The molecule has 0 saturated carbocycles. The Bertz CT molecular complexity index is 4690. The highest BCUT2D eigenvalue weighted by Crippen LogP contribution is 2.55. The first-order chi connectivity index (χ1) is 57.3. The van der Waals surface area contributed by atoms with Crippen LogP contribution in [-0.2, 0) is 26.1 Å². The molecule has 24 nitrogen and oxygen atoms in total. The van der Waals surface area contributed by atoms with Crippen LogP contribution in [0.15, 0.2) is 182 Å². The first kappa shape index (κ1) is 86.0. The number of fused-ring (bicyclic) bond motifs is 2. The van der Waals surface area contributed by atoms with Gasteiger partial charge in [0.25, 0.3) is 0 Å². The van der Waals surface area contributed by atoms with E-state index < -0.39 is 75.3 Å². The van der Waals surface area contributed by atoms with E-state index in [1.54, 1.807) is 62.8 Å². The van der Waals surface area contributed by atoms with E-state index in [0.29, 0.717) is 34.5 Å². The number of rotatable bonds is 41. The maximum Gasteiger partial charge on any atom is 0.169 e. The van der Waals surface area contributed by atoms with Crippen LogP contribution in [0.25, 0.3) is 11.1 Å². The zero-order valence-electron chi connectivity index (χ0n) is 68.4. The fraction of sp³-hybridized carbons (Fsp3) is 0.362. The summed E-state index contributed by atoms with van der Waals surface area (Å²) in [5.74, 6) is 4.72. The molecule has 8 N–H and O–H groups in total. The Balaban J connectivity index is 0.811. The van der Waals surface area contributed by atoms with Gasteiger partial charge in [-0.25, -0.2) is 0 Å². The van der Waals surface area contributed by atoms with Crippen molar-refractivity contribution in [2.45, 2.75) is 139 Å². The Morgan fingerprint density at radius 3 is 0.932 bits per heavy atom. The molecule has 0 radical (unpaired) electrons. The third-order valence-electron chi connectivity index (χ3n) is 21.5. The number of aliphatic hydroxyl groups excluding tert-OH is 8. The summed E-state index contributed by atoms with van der Waals surface area (Å²) in [5, 5.41) is 93.5. The van der Waals surface area contributed by atoms with Crippen LogP contribution in [0.3, 0.4) is 0 Å². The van der Waals surface area contributed by atoms with Crippen molar-refractivity contribution in [2.24, 2.45) is 0 Å². The van der Waals surface area contributed by atoms with Gasteiger partial charge in [0.05, 0.1) is 83.3 Å². The quantitative estimate of drug-likeness (QED) is 0.0177. The summed E-state index contributed by atoms with van der Waals surface area (Å²) in [5.41, 5.74) is 8.94. The van der Waals surface area contributed by atoms with Crippen molar-refractivity contribution in [1.29, 1.82) is 0 Å². The summed E-state index contributed by atoms with van der Waals surface area (Å²) in [6.07, 6.45) is -8.49. The minimum atomic E-state index is -1.65. The van der Waals surface area contributed by atoms with Crippen molar-refractivity contribution in [3.8, 4) is 103 Å². The van der Waals surface area contributed by atoms with Crippen LogP contribution in [0.5, 0.6) is 92.0 Å². The van der Waals surface area contributed by atoms with Crippen molar-refractivity contribution in [1.82, 2.24) is 0 Å². The summed E-state index contributed by atoms with van der Waals surface area (Å²) in [6, 6.07) is 53.3. The molecule has 0 aromatic heterocycles. The van der Waals surface area contributed by atoms with Crippen LogP contribution in [-0.4, -0.2) is 149 Å². The molecule has 0 spiro atoms. The molecule has 24 heteroatoms. The zero-order chi connectivity index (χ0) is 83.8. The maximum atomic E-state index is 12.7. The van der Waals surface area contributed by atoms with E-state index in [4.69, 9.17) is 75.8 Å². The lowest BCUT2D eigenvalue weighted by molar-refractivity contribution is -0.00272. The van der Waals surface area contributed by atoms with Gasteiger partial charge in [0.15, 0.2) is 116 Å². The first-order valence-electron chi connectivity index (χ1n) is 39.4. The predicted molar refractivity (Wildman–Crippen MR) is 442 cm³/mol. The average Bonchev–Trinajstić information content (AvgIpc) is 1.42. The Morgan fingerprint density at radius 1 is 0.314 bits per heavy atom. The molecule has 118 heavy (non-hydrogen) atoms. The molecule has 2 heterocycles. The van der Waals surface area contributed by atoms with E-state index in [9.17, 15) is 40.9 Å². The Morgan fingerprint density at radius 2 is 0.619 bits per heavy atom. The van der Waals surface area contributed by atoms with Gasteiger partial charge in [0.2, 0.25) is 0 Å². The van der Waals surface area contributed by atoms with E-state index in [2.05, 4.69) is 39.8 Å². The van der Waals surface area contributed by atoms with Crippen LogP contribution in [0.2, 0.25) is 0 Å². The molecule has 10 aromatic rings. The third-order valence-corrected chi connectivity index (χ3v) is 21.5. The standard InChI is InChI=1S/C94H106O24/c1-13-21-57-35-65-53(3)89(117-93(65)77(37-57)107-9)61-29-33-71(75(43-61)105-7)113-81(47-95)85(99)59-27-31-69(73(41-59)103-5)115-83(49-97)87(101)63-39-67(91(79(45-63)109-11)111-51-55-23-17-15-18-24-55)68-40-64(46-80(110-12)92(68)112-52-56-25-19-16-20-26-56)88(102)84(50-98)116-70-32-28-60(42-74(70)104-6)86(100)82(48-96)114-72-34-30-62(44-76(72)106-8)90-54(4)66-36-58(22-14-2)38-78(108-10)94(66)118-90/h15-20,23-46,53-54,81-90,95-102H,13-14,21-22,47-52H2,1-12H3. The molecule has 626 valence electrons. The van der Waals surface area contributed by atoms with Gasteiger partial charge in [-0.3, -0.25) is 0 Å². The molecule has 2 aliphatic rings. The lowest BCUT2D eigenvalue weighted by Crippen LogP contribution is -2.30. The Labute approximate surface area is 688 Å². The Kier molecular flexibility index (Phi) is 29.0. The molecule has 12 unspecified atom stereocenters. The first-order valence-corrected chi connectivity index (χ1v) is 39.4. The largest absolute Gasteiger partial charge is 0.493 e. The van der Waals surface area contributed by atoms with Crippen molar-refractivity contribution in [3.05, 3.63) is 249 Å². The van der Waals surface area contributed by atoms with Crippen molar-refractivity contribution in [2.75, 3.05) is 83.3 Å². The number of hydrogen-bond acceptors (Lipinski definition) is 24. The molecule has 12 atom stereocenters. The number of ether oxygens (including phenoxy) is 16. The van der Waals surface area contributed by atoms with E-state index in [1.807, 2.05) is 97.1 Å². The van der Waals surface area contributed by atoms with Gasteiger partial charge in [0, 0.05) is 34.1 Å². The second-order valence-corrected chi connectivity index (χ2v) is 29.1. The van der Waals surface area contributed by atoms with E-state index >= 15 is 0 Å². The van der Waals surface area contributed by atoms with E-state index in [0.717, 1.165) is 70.2 Å². The minimum Gasteiger partial charge on any atom is -0.493 e. The van der Waals surface area contributed by atoms with Gasteiger partial charge in [-0.05, 0) is 153 Å². The number of hydrogen-bond donors (Lipinski definition) is 8. The summed E-state index contributed by atoms with van der Waals surface area (Å²) >= 11 is 0. The Hall–Kier alpha value is -11.3. The summed E-state index contributed by atoms with van der Waals surface area (Å²) < 4.78 is 99.3. The van der Waals surface area contributed by atoms with Gasteiger partial charge >= 0.3 is 0 Å². The fourth-order valence-electron chi connectivity index (χ4n) is 15.2. The average molecular weight is 1620 g/mol. The van der Waals surface area contributed by atoms with Crippen LogP contribution in [0.1, 0.15) is 156 Å². The summed E-state index contributed by atoms with van der Waals surface area (Å²) in [7, 11) is 11.9. The van der Waals surface area contributed by atoms with Gasteiger partial charge in [-0.1, -0.05) is 138 Å². The highest BCUT2D eigenvalue weighted by atomic mass is 16.6. The van der Waals surface area contributed by atoms with Gasteiger partial charge in [-0.15, -0.1) is 0 Å². The molecule has 0 fully saturated rings. The lowest BCUT2D eigenvalue weighted by atomic mass is 9.91.